The van der Waals surface area contributed by atoms with E-state index in [4.69, 9.17) is 4.74 Å². The summed E-state index contributed by atoms with van der Waals surface area (Å²) in [7, 11) is 3.50. The zero-order valence-corrected chi connectivity index (χ0v) is 18.7. The van der Waals surface area contributed by atoms with Crippen LogP contribution < -0.4 is 0 Å². The molecule has 8 nitrogen and oxygen atoms in total. The van der Waals surface area contributed by atoms with E-state index in [1.54, 1.807) is 24.6 Å². The maximum Gasteiger partial charge on any atom is 0.231 e. The van der Waals surface area contributed by atoms with Gasteiger partial charge in [0.1, 0.15) is 0 Å². The zero-order valence-electron chi connectivity index (χ0n) is 17.8. The van der Waals surface area contributed by atoms with Crippen LogP contribution in [0.4, 0.5) is 0 Å². The van der Waals surface area contributed by atoms with Gasteiger partial charge >= 0.3 is 0 Å². The number of thiazole rings is 1. The summed E-state index contributed by atoms with van der Waals surface area (Å²) in [5.41, 5.74) is 1.34. The van der Waals surface area contributed by atoms with Gasteiger partial charge in [0.2, 0.25) is 11.8 Å². The first-order valence-electron chi connectivity index (χ1n) is 10.4. The van der Waals surface area contributed by atoms with Crippen LogP contribution in [0.1, 0.15) is 41.6 Å². The topological polar surface area (TPSA) is 80.6 Å². The second kappa shape index (κ2) is 8.47. The van der Waals surface area contributed by atoms with Gasteiger partial charge in [-0.15, -0.1) is 11.3 Å². The fraction of sp³-hybridized carbons (Fsp3) is 0.619. The largest absolute Gasteiger partial charge is 0.384 e. The summed E-state index contributed by atoms with van der Waals surface area (Å²) < 4.78 is 6.93. The third kappa shape index (κ3) is 3.76. The molecule has 2 aliphatic rings. The first kappa shape index (κ1) is 21.0. The lowest BCUT2D eigenvalue weighted by Gasteiger charge is -2.42. The maximum atomic E-state index is 13.9. The number of carbonyl (C=O) groups excluding carboxylic acids is 2. The van der Waals surface area contributed by atoms with Crippen molar-refractivity contribution in [1.29, 1.82) is 0 Å². The molecule has 2 saturated heterocycles. The SMILES string of the molecule is COCCC(=O)N1C[C@@H](c2ccnn2C)[C@@]2(CCCN(Cc3csc(C)n3)C2=O)C1. The van der Waals surface area contributed by atoms with Crippen molar-refractivity contribution < 1.29 is 14.3 Å². The molecule has 30 heavy (non-hydrogen) atoms. The van der Waals surface area contributed by atoms with Gasteiger partial charge in [0.15, 0.2) is 0 Å². The van der Waals surface area contributed by atoms with Gasteiger partial charge in [-0.3, -0.25) is 14.3 Å². The molecule has 4 heterocycles. The number of hydrogen-bond acceptors (Lipinski definition) is 6. The van der Waals surface area contributed by atoms with E-state index in [-0.39, 0.29) is 17.7 Å². The molecule has 9 heteroatoms. The van der Waals surface area contributed by atoms with Crippen LogP contribution in [0.15, 0.2) is 17.6 Å². The highest BCUT2D eigenvalue weighted by Gasteiger charge is 2.56. The average Bonchev–Trinajstić information content (AvgIpc) is 3.43. The fourth-order valence-electron chi connectivity index (χ4n) is 4.96. The lowest BCUT2D eigenvalue weighted by Crippen LogP contribution is -2.52. The van der Waals surface area contributed by atoms with Crippen LogP contribution in [-0.2, 0) is 27.9 Å². The molecule has 2 fully saturated rings. The number of aromatic nitrogens is 3. The second-order valence-corrected chi connectivity index (χ2v) is 9.36. The van der Waals surface area contributed by atoms with Crippen molar-refractivity contribution in [2.45, 2.75) is 38.6 Å². The Morgan fingerprint density at radius 1 is 1.43 bits per heavy atom. The maximum absolute atomic E-state index is 13.9. The summed E-state index contributed by atoms with van der Waals surface area (Å²) in [5.74, 6) is 0.109. The molecule has 2 amide bonds. The number of methoxy groups -OCH3 is 1. The van der Waals surface area contributed by atoms with Crippen LogP contribution in [0, 0.1) is 12.3 Å². The average molecular weight is 432 g/mol. The van der Waals surface area contributed by atoms with Crippen LogP contribution in [0.25, 0.3) is 0 Å². The van der Waals surface area contributed by atoms with Crippen molar-refractivity contribution in [1.82, 2.24) is 24.6 Å². The predicted octanol–water partition coefficient (Wildman–Crippen LogP) is 1.96. The molecule has 2 aromatic rings. The summed E-state index contributed by atoms with van der Waals surface area (Å²) in [5, 5.41) is 7.37. The van der Waals surface area contributed by atoms with Gasteiger partial charge in [-0.2, -0.15) is 5.10 Å². The van der Waals surface area contributed by atoms with E-state index < -0.39 is 5.41 Å². The molecule has 0 aromatic carbocycles. The summed E-state index contributed by atoms with van der Waals surface area (Å²) in [6.07, 6.45) is 3.80. The van der Waals surface area contributed by atoms with E-state index in [0.717, 1.165) is 35.8 Å². The summed E-state index contributed by atoms with van der Waals surface area (Å²) in [6.45, 7) is 4.62. The molecule has 0 aliphatic carbocycles. The predicted molar refractivity (Wildman–Crippen MR) is 113 cm³/mol. The number of nitrogens with zero attached hydrogens (tertiary/aromatic N) is 5. The monoisotopic (exact) mass is 431 g/mol. The van der Waals surface area contributed by atoms with E-state index in [0.29, 0.717) is 32.7 Å². The molecule has 0 saturated carbocycles. The number of piperidine rings is 1. The van der Waals surface area contributed by atoms with Crippen molar-refractivity contribution in [3.8, 4) is 0 Å². The number of rotatable bonds is 6. The Hall–Kier alpha value is -2.26. The minimum atomic E-state index is -0.611. The smallest absolute Gasteiger partial charge is 0.231 e. The number of carbonyl (C=O) groups is 2. The lowest BCUT2D eigenvalue weighted by atomic mass is 9.70. The number of hydrogen-bond donors (Lipinski definition) is 0. The van der Waals surface area contributed by atoms with Gasteiger partial charge in [-0.25, -0.2) is 4.98 Å². The van der Waals surface area contributed by atoms with Crippen LogP contribution >= 0.6 is 11.3 Å². The molecular weight excluding hydrogens is 402 g/mol. The Kier molecular flexibility index (Phi) is 5.92. The molecule has 162 valence electrons. The minimum Gasteiger partial charge on any atom is -0.384 e. The highest BCUT2D eigenvalue weighted by molar-refractivity contribution is 7.09. The van der Waals surface area contributed by atoms with Gasteiger partial charge in [0, 0.05) is 57.0 Å². The molecular formula is C21H29N5O3S. The molecule has 0 unspecified atom stereocenters. The van der Waals surface area contributed by atoms with E-state index >= 15 is 0 Å². The van der Waals surface area contributed by atoms with E-state index in [1.807, 2.05) is 39.9 Å². The normalized spacial score (nSPS) is 24.2. The number of aryl methyl sites for hydroxylation is 2. The standard InChI is InChI=1S/C21H29N5O3S/c1-15-23-16(13-30-15)11-25-9-4-7-21(20(25)28)14-26(19(27)6-10-29-3)12-17(21)18-5-8-22-24(18)2/h5,8,13,17H,4,6-7,9-12,14H2,1-3H3/t17-,21+/m0/s1. The van der Waals surface area contributed by atoms with Crippen LogP contribution in [0.5, 0.6) is 0 Å². The second-order valence-electron chi connectivity index (χ2n) is 8.29. The summed E-state index contributed by atoms with van der Waals surface area (Å²) in [4.78, 5) is 35.0. The third-order valence-electron chi connectivity index (χ3n) is 6.42. The van der Waals surface area contributed by atoms with Gasteiger partial charge in [0.25, 0.3) is 0 Å². The van der Waals surface area contributed by atoms with E-state index in [9.17, 15) is 9.59 Å². The Morgan fingerprint density at radius 3 is 2.93 bits per heavy atom. The van der Waals surface area contributed by atoms with Gasteiger partial charge < -0.3 is 14.5 Å². The fourth-order valence-corrected chi connectivity index (χ4v) is 5.56. The highest BCUT2D eigenvalue weighted by Crippen LogP contribution is 2.49. The van der Waals surface area contributed by atoms with Crippen LogP contribution in [0.3, 0.4) is 0 Å². The highest BCUT2D eigenvalue weighted by atomic mass is 32.1. The molecule has 0 radical (unpaired) electrons. The number of likely N-dealkylation sites (tertiary alicyclic amines) is 2. The quantitative estimate of drug-likeness (QED) is 0.698. The van der Waals surface area contributed by atoms with E-state index in [1.165, 1.54) is 0 Å². The zero-order chi connectivity index (χ0) is 21.3. The van der Waals surface area contributed by atoms with Gasteiger partial charge in [-0.05, 0) is 25.8 Å². The molecule has 2 atom stereocenters. The number of ether oxygens (including phenoxy) is 1. The molecule has 1 spiro atoms. The third-order valence-corrected chi connectivity index (χ3v) is 7.24. The Labute approximate surface area is 180 Å². The van der Waals surface area contributed by atoms with Crippen molar-refractivity contribution in [3.63, 3.8) is 0 Å². The molecule has 0 N–H and O–H groups in total. The molecule has 2 aliphatic heterocycles. The van der Waals surface area contributed by atoms with Crippen molar-refractivity contribution in [3.05, 3.63) is 34.0 Å². The van der Waals surface area contributed by atoms with Gasteiger partial charge in [0.05, 0.1) is 35.7 Å². The molecule has 0 bridgehead atoms. The van der Waals surface area contributed by atoms with Gasteiger partial charge in [-0.1, -0.05) is 0 Å². The lowest BCUT2D eigenvalue weighted by molar-refractivity contribution is -0.148. The van der Waals surface area contributed by atoms with Crippen molar-refractivity contribution in [2.75, 3.05) is 33.4 Å². The number of amides is 2. The molecule has 4 rings (SSSR count). The van der Waals surface area contributed by atoms with Crippen LogP contribution in [-0.4, -0.2) is 69.7 Å². The van der Waals surface area contributed by atoms with E-state index in [2.05, 4.69) is 10.1 Å². The van der Waals surface area contributed by atoms with Crippen molar-refractivity contribution >= 4 is 23.2 Å². The van der Waals surface area contributed by atoms with Crippen LogP contribution in [0.2, 0.25) is 0 Å². The molecule has 2 aromatic heterocycles. The Bertz CT molecular complexity index is 925. The first-order chi connectivity index (χ1) is 14.4. The first-order valence-corrected chi connectivity index (χ1v) is 11.3. The Balaban J connectivity index is 1.63. The minimum absolute atomic E-state index is 0.0425. The summed E-state index contributed by atoms with van der Waals surface area (Å²) in [6, 6.07) is 1.98. The van der Waals surface area contributed by atoms with Crippen molar-refractivity contribution in [2.24, 2.45) is 12.5 Å². The Morgan fingerprint density at radius 2 is 2.27 bits per heavy atom. The summed E-state index contributed by atoms with van der Waals surface area (Å²) >= 11 is 1.60.